The van der Waals surface area contributed by atoms with Crippen molar-refractivity contribution in [2.75, 3.05) is 32.8 Å². The van der Waals surface area contributed by atoms with Crippen molar-refractivity contribution in [1.29, 1.82) is 0 Å². The third-order valence-electron chi connectivity index (χ3n) is 7.55. The highest BCUT2D eigenvalue weighted by Gasteiger charge is 2.27. The minimum Gasteiger partial charge on any atom is -0.486 e. The Bertz CT molecular complexity index is 750. The lowest BCUT2D eigenvalue weighted by molar-refractivity contribution is -0.123. The lowest BCUT2D eigenvalue weighted by Gasteiger charge is -2.29. The highest BCUT2D eigenvalue weighted by Crippen LogP contribution is 2.33. The van der Waals surface area contributed by atoms with Crippen LogP contribution in [0, 0.1) is 0 Å². The number of rotatable bonds is 18. The summed E-state index contributed by atoms with van der Waals surface area (Å²) in [7, 11) is 0. The number of ether oxygens (including phenoxy) is 2. The van der Waals surface area contributed by atoms with Gasteiger partial charge >= 0.3 is 0 Å². The molecule has 0 bridgehead atoms. The van der Waals surface area contributed by atoms with Crippen molar-refractivity contribution in [2.24, 2.45) is 0 Å². The third-order valence-corrected chi connectivity index (χ3v) is 7.55. The molecule has 1 amide bonds. The molecule has 2 atom stereocenters. The van der Waals surface area contributed by atoms with Gasteiger partial charge in [-0.05, 0) is 50.0 Å². The maximum absolute atomic E-state index is 12.8. The van der Waals surface area contributed by atoms with Crippen LogP contribution < -0.4 is 14.8 Å². The summed E-state index contributed by atoms with van der Waals surface area (Å²) in [5, 5.41) is 14.4. The maximum Gasteiger partial charge on any atom is 0.220 e. The van der Waals surface area contributed by atoms with Crippen molar-refractivity contribution in [3.8, 4) is 11.5 Å². The first kappa shape index (κ1) is 28.8. The first-order chi connectivity index (χ1) is 17.7. The number of aliphatic hydroxyl groups excluding tert-OH is 1. The fourth-order valence-electron chi connectivity index (χ4n) is 5.35. The van der Waals surface area contributed by atoms with Crippen molar-refractivity contribution in [2.45, 2.75) is 115 Å². The molecule has 6 nitrogen and oxygen atoms in total. The second-order valence-electron chi connectivity index (χ2n) is 10.7. The SMILES string of the molecule is CCCCCCCCCCCCCCC(=O)N[C@H](CN1CCCC1)[C@H](O)c1ccc2c(c1)OCCO2. The Hall–Kier alpha value is -1.79. The molecule has 1 aromatic carbocycles. The Morgan fingerprint density at radius 2 is 1.47 bits per heavy atom. The van der Waals surface area contributed by atoms with Crippen molar-refractivity contribution in [1.82, 2.24) is 10.2 Å². The van der Waals surface area contributed by atoms with Gasteiger partial charge in [-0.3, -0.25) is 4.79 Å². The van der Waals surface area contributed by atoms with Gasteiger partial charge in [0.05, 0.1) is 6.04 Å². The fourth-order valence-corrected chi connectivity index (χ4v) is 5.35. The summed E-state index contributed by atoms with van der Waals surface area (Å²) in [6.07, 6.45) is 17.5. The van der Waals surface area contributed by atoms with Crippen LogP contribution in [0.2, 0.25) is 0 Å². The van der Waals surface area contributed by atoms with Crippen LogP contribution in [-0.4, -0.2) is 54.8 Å². The smallest absolute Gasteiger partial charge is 0.220 e. The fraction of sp³-hybridized carbons (Fsp3) is 0.767. The van der Waals surface area contributed by atoms with Gasteiger partial charge in [-0.15, -0.1) is 0 Å². The van der Waals surface area contributed by atoms with E-state index in [1.807, 2.05) is 18.2 Å². The molecule has 0 aromatic heterocycles. The number of amides is 1. The van der Waals surface area contributed by atoms with Crippen LogP contribution >= 0.6 is 0 Å². The molecule has 0 spiro atoms. The number of nitrogens with one attached hydrogen (secondary N) is 1. The number of carbonyl (C=O) groups excluding carboxylic acids is 1. The zero-order valence-corrected chi connectivity index (χ0v) is 22.6. The highest BCUT2D eigenvalue weighted by atomic mass is 16.6. The van der Waals surface area contributed by atoms with Crippen molar-refractivity contribution in [3.05, 3.63) is 23.8 Å². The summed E-state index contributed by atoms with van der Waals surface area (Å²) in [5.41, 5.74) is 0.758. The molecule has 0 radical (unpaired) electrons. The van der Waals surface area contributed by atoms with E-state index in [-0.39, 0.29) is 11.9 Å². The largest absolute Gasteiger partial charge is 0.486 e. The predicted octanol–water partition coefficient (Wildman–Crippen LogP) is 6.16. The van der Waals surface area contributed by atoms with Crippen LogP contribution in [0.25, 0.3) is 0 Å². The van der Waals surface area contributed by atoms with Crippen molar-refractivity contribution in [3.63, 3.8) is 0 Å². The van der Waals surface area contributed by atoms with Crippen LogP contribution in [0.5, 0.6) is 11.5 Å². The molecule has 204 valence electrons. The van der Waals surface area contributed by atoms with Gasteiger partial charge in [-0.25, -0.2) is 0 Å². The van der Waals surface area contributed by atoms with Crippen molar-refractivity contribution < 1.29 is 19.4 Å². The molecule has 0 unspecified atom stereocenters. The Kier molecular flexibility index (Phi) is 13.5. The van der Waals surface area contributed by atoms with Gasteiger partial charge in [-0.2, -0.15) is 0 Å². The van der Waals surface area contributed by atoms with Gasteiger partial charge in [-0.1, -0.05) is 83.6 Å². The number of fused-ring (bicyclic) bond motifs is 1. The lowest BCUT2D eigenvalue weighted by atomic mass is 10.0. The number of likely N-dealkylation sites (tertiary alicyclic amines) is 1. The molecule has 1 saturated heterocycles. The molecule has 0 saturated carbocycles. The van der Waals surface area contributed by atoms with Crippen LogP contribution in [0.15, 0.2) is 18.2 Å². The van der Waals surface area contributed by atoms with E-state index < -0.39 is 6.10 Å². The molecule has 2 heterocycles. The summed E-state index contributed by atoms with van der Waals surface area (Å²) in [5.74, 6) is 1.42. The van der Waals surface area contributed by atoms with Gasteiger partial charge in [0, 0.05) is 13.0 Å². The van der Waals surface area contributed by atoms with E-state index in [1.165, 1.54) is 77.0 Å². The molecule has 6 heteroatoms. The van der Waals surface area contributed by atoms with Crippen LogP contribution in [0.3, 0.4) is 0 Å². The average Bonchev–Trinajstić information content (AvgIpc) is 3.41. The van der Waals surface area contributed by atoms with E-state index in [1.54, 1.807) is 0 Å². The Morgan fingerprint density at radius 1 is 0.889 bits per heavy atom. The zero-order chi connectivity index (χ0) is 25.4. The molecule has 2 aliphatic rings. The second kappa shape index (κ2) is 16.9. The Labute approximate surface area is 219 Å². The highest BCUT2D eigenvalue weighted by molar-refractivity contribution is 5.76. The standard InChI is InChI=1S/C30H50N2O4/c1-2-3-4-5-6-7-8-9-10-11-12-13-16-29(33)31-26(24-32-19-14-15-20-32)30(34)25-17-18-27-28(23-25)36-22-21-35-27/h17-18,23,26,30,34H,2-16,19-22,24H2,1H3,(H,31,33)/t26-,30-/m1/s1. The van der Waals surface area contributed by atoms with Gasteiger partial charge < -0.3 is 24.8 Å². The molecular formula is C30H50N2O4. The molecule has 3 rings (SSSR count). The van der Waals surface area contributed by atoms with E-state index in [2.05, 4.69) is 17.1 Å². The van der Waals surface area contributed by atoms with E-state index >= 15 is 0 Å². The molecule has 2 aliphatic heterocycles. The van der Waals surface area contributed by atoms with Crippen molar-refractivity contribution >= 4 is 5.91 Å². The minimum absolute atomic E-state index is 0.0443. The first-order valence-corrected chi connectivity index (χ1v) is 14.8. The van der Waals surface area contributed by atoms with Gasteiger partial charge in [0.1, 0.15) is 19.3 Å². The molecule has 36 heavy (non-hydrogen) atoms. The maximum atomic E-state index is 12.8. The van der Waals surface area contributed by atoms with E-state index in [4.69, 9.17) is 9.47 Å². The molecule has 0 aliphatic carbocycles. The van der Waals surface area contributed by atoms with E-state index in [9.17, 15) is 9.90 Å². The van der Waals surface area contributed by atoms with Gasteiger partial charge in [0.15, 0.2) is 11.5 Å². The van der Waals surface area contributed by atoms with Crippen LogP contribution in [0.1, 0.15) is 115 Å². The van der Waals surface area contributed by atoms with Gasteiger partial charge in [0.2, 0.25) is 5.91 Å². The number of carbonyl (C=O) groups is 1. The average molecular weight is 503 g/mol. The monoisotopic (exact) mass is 502 g/mol. The third kappa shape index (κ3) is 10.3. The number of benzene rings is 1. The number of aliphatic hydroxyl groups is 1. The van der Waals surface area contributed by atoms with E-state index in [0.717, 1.165) is 31.5 Å². The normalized spacial score (nSPS) is 17.2. The topological polar surface area (TPSA) is 71.0 Å². The van der Waals surface area contributed by atoms with Crippen LogP contribution in [-0.2, 0) is 4.79 Å². The Balaban J connectivity index is 1.37. The quantitative estimate of drug-likeness (QED) is 0.235. The number of hydrogen-bond donors (Lipinski definition) is 2. The van der Waals surface area contributed by atoms with Crippen LogP contribution in [0.4, 0.5) is 0 Å². The van der Waals surface area contributed by atoms with E-state index in [0.29, 0.717) is 37.7 Å². The lowest BCUT2D eigenvalue weighted by Crippen LogP contribution is -2.46. The number of nitrogens with zero attached hydrogens (tertiary/aromatic N) is 1. The summed E-state index contributed by atoms with van der Waals surface area (Å²) in [4.78, 5) is 15.1. The summed E-state index contributed by atoms with van der Waals surface area (Å²) in [6.45, 7) is 6.04. The predicted molar refractivity (Wildman–Crippen MR) is 146 cm³/mol. The zero-order valence-electron chi connectivity index (χ0n) is 22.6. The summed E-state index contributed by atoms with van der Waals surface area (Å²) >= 11 is 0. The first-order valence-electron chi connectivity index (χ1n) is 14.8. The minimum atomic E-state index is -0.785. The Morgan fingerprint density at radius 3 is 2.11 bits per heavy atom. The number of unbranched alkanes of at least 4 members (excludes halogenated alkanes) is 11. The number of hydrogen-bond acceptors (Lipinski definition) is 5. The van der Waals surface area contributed by atoms with Gasteiger partial charge in [0.25, 0.3) is 0 Å². The molecule has 1 fully saturated rings. The molecule has 2 N–H and O–H groups in total. The molecular weight excluding hydrogens is 452 g/mol. The molecule has 1 aromatic rings. The summed E-state index contributed by atoms with van der Waals surface area (Å²) < 4.78 is 11.3. The summed E-state index contributed by atoms with van der Waals surface area (Å²) in [6, 6.07) is 5.25. The second-order valence-corrected chi connectivity index (χ2v) is 10.7.